The van der Waals surface area contributed by atoms with E-state index in [9.17, 15) is 9.59 Å². The summed E-state index contributed by atoms with van der Waals surface area (Å²) in [5.41, 5.74) is 3.91. The number of benzene rings is 2. The topological polar surface area (TPSA) is 85.2 Å². The van der Waals surface area contributed by atoms with Gasteiger partial charge in [-0.1, -0.05) is 6.92 Å². The number of hydrogen-bond acceptors (Lipinski definition) is 4. The summed E-state index contributed by atoms with van der Waals surface area (Å²) in [5.74, 6) is 0.538. The fraction of sp³-hybridized carbons (Fsp3) is 0.375. The van der Waals surface area contributed by atoms with E-state index in [1.54, 1.807) is 32.2 Å². The molecular weight excluding hydrogens is 376 g/mol. The van der Waals surface area contributed by atoms with Crippen molar-refractivity contribution < 1.29 is 9.59 Å². The lowest BCUT2D eigenvalue weighted by molar-refractivity contribution is -0.117. The number of amides is 2. The van der Waals surface area contributed by atoms with E-state index in [1.807, 2.05) is 29.2 Å². The molecule has 6 heteroatoms. The standard InChI is InChI=1S/C24H26N4O2/c1-14-22(27-19-9-4-16(13-25)5-10-19)20-12-18(24(30)26-3)8-11-21(20)28(15(2)29)23(14)17-6-7-17/h4-5,8-12,14,17,22-23,27H,6-7H2,1-3H3,(H,26,30). The Morgan fingerprint density at radius 1 is 1.13 bits per heavy atom. The van der Waals surface area contributed by atoms with Crippen molar-refractivity contribution in [1.29, 1.82) is 5.26 Å². The maximum Gasteiger partial charge on any atom is 0.251 e. The molecule has 1 aliphatic heterocycles. The molecule has 0 radical (unpaired) electrons. The third kappa shape index (κ3) is 3.52. The number of hydrogen-bond donors (Lipinski definition) is 2. The zero-order valence-electron chi connectivity index (χ0n) is 17.5. The van der Waals surface area contributed by atoms with E-state index in [2.05, 4.69) is 23.6 Å². The Hall–Kier alpha value is -3.33. The van der Waals surface area contributed by atoms with Crippen LogP contribution in [0, 0.1) is 23.2 Å². The quantitative estimate of drug-likeness (QED) is 0.813. The predicted octanol–water partition coefficient (Wildman–Crippen LogP) is 3.85. The first-order valence-corrected chi connectivity index (χ1v) is 10.4. The molecule has 2 aromatic rings. The Morgan fingerprint density at radius 2 is 1.83 bits per heavy atom. The van der Waals surface area contributed by atoms with Crippen LogP contribution in [0.15, 0.2) is 42.5 Å². The van der Waals surface area contributed by atoms with Crippen molar-refractivity contribution in [3.8, 4) is 6.07 Å². The van der Waals surface area contributed by atoms with Crippen LogP contribution in [0.2, 0.25) is 0 Å². The molecule has 0 spiro atoms. The summed E-state index contributed by atoms with van der Waals surface area (Å²) in [5, 5.41) is 15.4. The molecule has 3 unspecified atom stereocenters. The number of rotatable bonds is 4. The molecule has 2 aliphatic rings. The van der Waals surface area contributed by atoms with Crippen molar-refractivity contribution in [2.24, 2.45) is 11.8 Å². The van der Waals surface area contributed by atoms with Gasteiger partial charge in [0.05, 0.1) is 17.7 Å². The molecule has 0 saturated heterocycles. The highest BCUT2D eigenvalue weighted by Crippen LogP contribution is 2.50. The molecule has 1 saturated carbocycles. The molecule has 1 fully saturated rings. The summed E-state index contributed by atoms with van der Waals surface area (Å²) < 4.78 is 0. The molecule has 1 heterocycles. The highest BCUT2D eigenvalue weighted by Gasteiger charge is 2.47. The molecule has 0 bridgehead atoms. The second-order valence-electron chi connectivity index (χ2n) is 8.24. The molecule has 30 heavy (non-hydrogen) atoms. The second-order valence-corrected chi connectivity index (χ2v) is 8.24. The van der Waals surface area contributed by atoms with E-state index in [1.165, 1.54) is 0 Å². The molecule has 6 nitrogen and oxygen atoms in total. The zero-order chi connectivity index (χ0) is 21.4. The van der Waals surface area contributed by atoms with Crippen LogP contribution >= 0.6 is 0 Å². The summed E-state index contributed by atoms with van der Waals surface area (Å²) in [6, 6.07) is 15.2. The van der Waals surface area contributed by atoms with E-state index < -0.39 is 0 Å². The number of anilines is 2. The molecular formula is C24H26N4O2. The van der Waals surface area contributed by atoms with Crippen LogP contribution in [0.25, 0.3) is 0 Å². The molecule has 0 aromatic heterocycles. The van der Waals surface area contributed by atoms with Crippen LogP contribution < -0.4 is 15.5 Å². The third-order valence-corrected chi connectivity index (χ3v) is 6.25. The number of nitriles is 1. The first-order chi connectivity index (χ1) is 14.4. The Kier molecular flexibility index (Phi) is 5.21. The maximum absolute atomic E-state index is 12.7. The summed E-state index contributed by atoms with van der Waals surface area (Å²) in [7, 11) is 1.61. The predicted molar refractivity (Wildman–Crippen MR) is 116 cm³/mol. The lowest BCUT2D eigenvalue weighted by Crippen LogP contribution is -2.51. The zero-order valence-corrected chi connectivity index (χ0v) is 17.5. The molecule has 1 aliphatic carbocycles. The van der Waals surface area contributed by atoms with Crippen LogP contribution in [-0.4, -0.2) is 24.9 Å². The minimum absolute atomic E-state index is 0.0320. The molecule has 2 aromatic carbocycles. The highest BCUT2D eigenvalue weighted by molar-refractivity contribution is 5.98. The number of carbonyl (C=O) groups is 2. The minimum atomic E-state index is -0.152. The first kappa shape index (κ1) is 20.0. The van der Waals surface area contributed by atoms with Crippen molar-refractivity contribution in [2.75, 3.05) is 17.3 Å². The number of carbonyl (C=O) groups excluding carboxylic acids is 2. The monoisotopic (exact) mass is 402 g/mol. The molecule has 154 valence electrons. The van der Waals surface area contributed by atoms with Crippen molar-refractivity contribution >= 4 is 23.2 Å². The third-order valence-electron chi connectivity index (χ3n) is 6.25. The Labute approximate surface area is 176 Å². The normalized spacial score (nSPS) is 22.6. The number of fused-ring (bicyclic) bond motifs is 1. The minimum Gasteiger partial charge on any atom is -0.378 e. The van der Waals surface area contributed by atoms with Gasteiger partial charge < -0.3 is 15.5 Å². The SMILES string of the molecule is CNC(=O)c1ccc2c(c1)C(Nc1ccc(C#N)cc1)C(C)C(C1CC1)N2C(C)=O. The van der Waals surface area contributed by atoms with Crippen molar-refractivity contribution in [3.63, 3.8) is 0 Å². The van der Waals surface area contributed by atoms with Gasteiger partial charge in [-0.05, 0) is 66.8 Å². The van der Waals surface area contributed by atoms with E-state index in [0.29, 0.717) is 17.0 Å². The molecule has 4 rings (SSSR count). The van der Waals surface area contributed by atoms with Gasteiger partial charge in [0, 0.05) is 42.9 Å². The van der Waals surface area contributed by atoms with Crippen LogP contribution in [0.1, 0.15) is 54.2 Å². The molecule has 2 amide bonds. The molecule has 3 atom stereocenters. The van der Waals surface area contributed by atoms with Gasteiger partial charge in [0.15, 0.2) is 0 Å². The Bertz CT molecular complexity index is 1020. The first-order valence-electron chi connectivity index (χ1n) is 10.4. The Morgan fingerprint density at radius 3 is 2.40 bits per heavy atom. The van der Waals surface area contributed by atoms with Gasteiger partial charge in [0.2, 0.25) is 5.91 Å². The van der Waals surface area contributed by atoms with Gasteiger partial charge in [-0.2, -0.15) is 5.26 Å². The van der Waals surface area contributed by atoms with Gasteiger partial charge in [-0.3, -0.25) is 9.59 Å². The van der Waals surface area contributed by atoms with Crippen molar-refractivity contribution in [3.05, 3.63) is 59.2 Å². The molecule has 2 N–H and O–H groups in total. The summed E-state index contributed by atoms with van der Waals surface area (Å²) in [4.78, 5) is 26.9. The van der Waals surface area contributed by atoms with Crippen LogP contribution in [0.3, 0.4) is 0 Å². The lowest BCUT2D eigenvalue weighted by Gasteiger charge is -2.46. The summed E-state index contributed by atoms with van der Waals surface area (Å²) in [6.45, 7) is 3.79. The van der Waals surface area contributed by atoms with Gasteiger partial charge in [0.25, 0.3) is 5.91 Å². The van der Waals surface area contributed by atoms with E-state index in [0.717, 1.165) is 29.8 Å². The number of nitrogens with zero attached hydrogens (tertiary/aromatic N) is 2. The largest absolute Gasteiger partial charge is 0.378 e. The average Bonchev–Trinajstić information content (AvgIpc) is 3.59. The lowest BCUT2D eigenvalue weighted by atomic mass is 9.79. The highest BCUT2D eigenvalue weighted by atomic mass is 16.2. The van der Waals surface area contributed by atoms with Crippen molar-refractivity contribution in [1.82, 2.24) is 5.32 Å². The van der Waals surface area contributed by atoms with E-state index in [4.69, 9.17) is 5.26 Å². The van der Waals surface area contributed by atoms with Gasteiger partial charge >= 0.3 is 0 Å². The van der Waals surface area contributed by atoms with Gasteiger partial charge in [-0.25, -0.2) is 0 Å². The maximum atomic E-state index is 12.7. The van der Waals surface area contributed by atoms with E-state index >= 15 is 0 Å². The average molecular weight is 402 g/mol. The number of nitrogens with one attached hydrogen (secondary N) is 2. The van der Waals surface area contributed by atoms with Crippen LogP contribution in [0.4, 0.5) is 11.4 Å². The Balaban J connectivity index is 1.80. The smallest absolute Gasteiger partial charge is 0.251 e. The summed E-state index contributed by atoms with van der Waals surface area (Å²) in [6.07, 6.45) is 2.27. The second kappa shape index (κ2) is 7.83. The van der Waals surface area contributed by atoms with E-state index in [-0.39, 0.29) is 29.8 Å². The fourth-order valence-corrected chi connectivity index (χ4v) is 4.67. The van der Waals surface area contributed by atoms with Crippen molar-refractivity contribution in [2.45, 2.75) is 38.8 Å². The van der Waals surface area contributed by atoms with Gasteiger partial charge in [-0.15, -0.1) is 0 Å². The van der Waals surface area contributed by atoms with Crippen LogP contribution in [-0.2, 0) is 4.79 Å². The fourth-order valence-electron chi connectivity index (χ4n) is 4.67. The van der Waals surface area contributed by atoms with Crippen LogP contribution in [0.5, 0.6) is 0 Å². The summed E-state index contributed by atoms with van der Waals surface area (Å²) >= 11 is 0. The van der Waals surface area contributed by atoms with Gasteiger partial charge in [0.1, 0.15) is 0 Å².